The number of amides is 1. The number of aromatic amines is 1. The van der Waals surface area contributed by atoms with Crippen LogP contribution in [0.1, 0.15) is 45.8 Å². The highest BCUT2D eigenvalue weighted by molar-refractivity contribution is 6.49. The van der Waals surface area contributed by atoms with E-state index in [0.717, 1.165) is 46.7 Å². The third-order valence-electron chi connectivity index (χ3n) is 6.12. The predicted octanol–water partition coefficient (Wildman–Crippen LogP) is 4.67. The molecule has 0 atom stereocenters. The molecule has 0 aromatic carbocycles. The summed E-state index contributed by atoms with van der Waals surface area (Å²) in [4.78, 5) is 31.5. The summed E-state index contributed by atoms with van der Waals surface area (Å²) in [5.41, 5.74) is 11.9. The Bertz CT molecular complexity index is 1410. The minimum Gasteiger partial charge on any atom is -0.496 e. The molecule has 2 aliphatic rings. The maximum Gasteiger partial charge on any atom is 0.260 e. The molecule has 0 radical (unpaired) electrons. The summed E-state index contributed by atoms with van der Waals surface area (Å²) in [6, 6.07) is 1.93. The molecule has 0 spiro atoms. The van der Waals surface area contributed by atoms with E-state index in [2.05, 4.69) is 19.9 Å². The number of allylic oxidation sites excluding steroid dienone is 1. The van der Waals surface area contributed by atoms with Crippen molar-refractivity contribution in [3.8, 4) is 5.75 Å². The van der Waals surface area contributed by atoms with E-state index < -0.39 is 0 Å². The van der Waals surface area contributed by atoms with Crippen molar-refractivity contribution >= 4 is 57.6 Å². The Kier molecular flexibility index (Phi) is 5.58. The zero-order chi connectivity index (χ0) is 24.1. The second kappa shape index (κ2) is 8.45. The zero-order valence-corrected chi connectivity index (χ0v) is 20.4. The minimum atomic E-state index is -0.272. The smallest absolute Gasteiger partial charge is 0.260 e. The van der Waals surface area contributed by atoms with Gasteiger partial charge >= 0.3 is 0 Å². The van der Waals surface area contributed by atoms with Crippen molar-refractivity contribution in [2.45, 2.75) is 33.2 Å². The molecule has 0 saturated carbocycles. The van der Waals surface area contributed by atoms with Crippen LogP contribution in [0.4, 0.5) is 11.8 Å². The molecule has 0 unspecified atom stereocenters. The van der Waals surface area contributed by atoms with Crippen LogP contribution in [-0.2, 0) is 17.8 Å². The average molecular weight is 497 g/mol. The van der Waals surface area contributed by atoms with Crippen molar-refractivity contribution in [3.05, 3.63) is 62.8 Å². The van der Waals surface area contributed by atoms with Crippen molar-refractivity contribution in [1.29, 1.82) is 0 Å². The molecular formula is C24H22Cl2N6O2. The lowest BCUT2D eigenvalue weighted by atomic mass is 10.1. The van der Waals surface area contributed by atoms with E-state index in [1.54, 1.807) is 19.4 Å². The first kappa shape index (κ1) is 22.4. The van der Waals surface area contributed by atoms with Crippen molar-refractivity contribution in [2.24, 2.45) is 0 Å². The van der Waals surface area contributed by atoms with Gasteiger partial charge in [0.1, 0.15) is 10.9 Å². The SMILES string of the molecule is COc1c(C)cnc(CN2C(=O)C(=Cc3cc4c([nH]3)CCC=C4Cl)c3c(Cl)nc(N)nc32)c1C. The molecule has 0 saturated heterocycles. The van der Waals surface area contributed by atoms with E-state index in [-0.39, 0.29) is 23.6 Å². The molecule has 4 heterocycles. The van der Waals surface area contributed by atoms with Gasteiger partial charge in [-0.1, -0.05) is 29.3 Å². The highest BCUT2D eigenvalue weighted by Gasteiger charge is 2.37. The number of hydrogen-bond donors (Lipinski definition) is 2. The number of nitrogens with one attached hydrogen (secondary N) is 1. The fraction of sp³-hybridized carbons (Fsp3) is 0.250. The number of anilines is 2. The Morgan fingerprint density at radius 2 is 2.09 bits per heavy atom. The molecule has 10 heteroatoms. The molecule has 1 aliphatic heterocycles. The van der Waals surface area contributed by atoms with E-state index in [9.17, 15) is 4.79 Å². The molecule has 0 bridgehead atoms. The molecule has 8 nitrogen and oxygen atoms in total. The Morgan fingerprint density at radius 3 is 2.82 bits per heavy atom. The number of pyridine rings is 1. The molecule has 3 N–H and O–H groups in total. The van der Waals surface area contributed by atoms with E-state index in [1.165, 1.54) is 4.90 Å². The van der Waals surface area contributed by atoms with Crippen molar-refractivity contribution in [2.75, 3.05) is 17.7 Å². The summed E-state index contributed by atoms with van der Waals surface area (Å²) in [6.07, 6.45) is 7.19. The topological polar surface area (TPSA) is 110 Å². The lowest BCUT2D eigenvalue weighted by molar-refractivity contribution is -0.113. The van der Waals surface area contributed by atoms with E-state index in [4.69, 9.17) is 33.7 Å². The number of ether oxygens (including phenoxy) is 1. The van der Waals surface area contributed by atoms with E-state index in [0.29, 0.717) is 27.7 Å². The number of H-pyrrole nitrogens is 1. The molecule has 1 aliphatic carbocycles. The number of carbonyl (C=O) groups excluding carboxylic acids is 1. The lowest BCUT2D eigenvalue weighted by Crippen LogP contribution is -2.27. The highest BCUT2D eigenvalue weighted by Crippen LogP contribution is 2.42. The summed E-state index contributed by atoms with van der Waals surface area (Å²) in [5, 5.41) is 0.816. The minimum absolute atomic E-state index is 0.0128. The third kappa shape index (κ3) is 3.63. The number of rotatable bonds is 4. The molecule has 1 amide bonds. The molecule has 5 rings (SSSR count). The fourth-order valence-electron chi connectivity index (χ4n) is 4.49. The van der Waals surface area contributed by atoms with Crippen LogP contribution in [-0.4, -0.2) is 33.0 Å². The Balaban J connectivity index is 1.60. The number of nitrogens with zero attached hydrogens (tertiary/aromatic N) is 4. The number of carbonyl (C=O) groups is 1. The zero-order valence-electron chi connectivity index (χ0n) is 18.9. The number of aryl methyl sites for hydroxylation is 2. The maximum atomic E-state index is 13.7. The van der Waals surface area contributed by atoms with Crippen LogP contribution in [0.15, 0.2) is 18.3 Å². The van der Waals surface area contributed by atoms with Gasteiger partial charge in [0.25, 0.3) is 5.91 Å². The van der Waals surface area contributed by atoms with E-state index >= 15 is 0 Å². The standard InChI is InChI=1S/C24H22Cl2N6O2/c1-11-9-28-18(12(2)20(11)34-3)10-32-22-19(21(26)30-24(27)31-22)15(23(32)33)8-13-7-14-16(25)5-4-6-17(14)29-13/h5,7-9,29H,4,6,10H2,1-3H3,(H2,27,30,31). The van der Waals surface area contributed by atoms with Crippen molar-refractivity contribution < 1.29 is 9.53 Å². The molecule has 0 fully saturated rings. The van der Waals surface area contributed by atoms with Gasteiger partial charge in [-0.3, -0.25) is 14.7 Å². The number of nitrogens with two attached hydrogens (primary N) is 1. The van der Waals surface area contributed by atoms with Gasteiger partial charge in [-0.25, -0.2) is 4.98 Å². The van der Waals surface area contributed by atoms with Gasteiger partial charge in [-0.2, -0.15) is 4.98 Å². The third-order valence-corrected chi connectivity index (χ3v) is 6.75. The van der Waals surface area contributed by atoms with Crippen LogP contribution in [0, 0.1) is 13.8 Å². The number of aromatic nitrogens is 4. The van der Waals surface area contributed by atoms with Crippen LogP contribution in [0.3, 0.4) is 0 Å². The number of hydrogen-bond acceptors (Lipinski definition) is 6. The van der Waals surface area contributed by atoms with Gasteiger partial charge < -0.3 is 15.5 Å². The van der Waals surface area contributed by atoms with Crippen LogP contribution < -0.4 is 15.4 Å². The molecule has 3 aromatic rings. The summed E-state index contributed by atoms with van der Waals surface area (Å²) in [7, 11) is 1.61. The van der Waals surface area contributed by atoms with Crippen molar-refractivity contribution in [3.63, 3.8) is 0 Å². The second-order valence-corrected chi connectivity index (χ2v) is 9.04. The van der Waals surface area contributed by atoms with Crippen LogP contribution >= 0.6 is 23.2 Å². The van der Waals surface area contributed by atoms with Gasteiger partial charge in [0.05, 0.1) is 30.5 Å². The van der Waals surface area contributed by atoms with Crippen LogP contribution in [0.25, 0.3) is 16.7 Å². The summed E-state index contributed by atoms with van der Waals surface area (Å²) in [5.74, 6) is 0.798. The predicted molar refractivity (Wildman–Crippen MR) is 134 cm³/mol. The quantitative estimate of drug-likeness (QED) is 0.400. The summed E-state index contributed by atoms with van der Waals surface area (Å²) in [6.45, 7) is 4.01. The highest BCUT2D eigenvalue weighted by atomic mass is 35.5. The molecule has 174 valence electrons. The van der Waals surface area contributed by atoms with Gasteiger partial charge in [0.2, 0.25) is 5.95 Å². The van der Waals surface area contributed by atoms with Gasteiger partial charge in [-0.05, 0) is 38.8 Å². The van der Waals surface area contributed by atoms with Gasteiger partial charge in [0, 0.05) is 39.3 Å². The number of methoxy groups -OCH3 is 1. The Labute approximate surface area is 206 Å². The first-order chi connectivity index (χ1) is 16.3. The number of nitrogen functional groups attached to an aromatic ring is 1. The van der Waals surface area contributed by atoms with Crippen LogP contribution in [0.5, 0.6) is 5.75 Å². The fourth-order valence-corrected chi connectivity index (χ4v) is 5.04. The first-order valence-electron chi connectivity index (χ1n) is 10.7. The maximum absolute atomic E-state index is 13.7. The Morgan fingerprint density at radius 1 is 1.29 bits per heavy atom. The molecule has 3 aromatic heterocycles. The molecule has 34 heavy (non-hydrogen) atoms. The lowest BCUT2D eigenvalue weighted by Gasteiger charge is -2.19. The van der Waals surface area contributed by atoms with Gasteiger partial charge in [-0.15, -0.1) is 0 Å². The Hall–Kier alpha value is -3.36. The molecular weight excluding hydrogens is 475 g/mol. The number of fused-ring (bicyclic) bond motifs is 2. The first-order valence-corrected chi connectivity index (χ1v) is 11.5. The average Bonchev–Trinajstić information content (AvgIpc) is 3.31. The monoisotopic (exact) mass is 496 g/mol. The number of halogens is 2. The largest absolute Gasteiger partial charge is 0.496 e. The summed E-state index contributed by atoms with van der Waals surface area (Å²) >= 11 is 12.8. The summed E-state index contributed by atoms with van der Waals surface area (Å²) < 4.78 is 5.52. The van der Waals surface area contributed by atoms with Crippen molar-refractivity contribution in [1.82, 2.24) is 19.9 Å². The normalized spacial score (nSPS) is 16.0. The van der Waals surface area contributed by atoms with E-state index in [1.807, 2.05) is 26.0 Å². The second-order valence-electron chi connectivity index (χ2n) is 8.27. The van der Waals surface area contributed by atoms with Gasteiger partial charge in [0.15, 0.2) is 5.82 Å². The van der Waals surface area contributed by atoms with Crippen LogP contribution in [0.2, 0.25) is 5.15 Å².